The van der Waals surface area contributed by atoms with Crippen LogP contribution >= 0.6 is 0 Å². The van der Waals surface area contributed by atoms with Gasteiger partial charge in [0.15, 0.2) is 0 Å². The molecular formula is C13H15F3N4O. The number of rotatable bonds is 4. The van der Waals surface area contributed by atoms with Crippen LogP contribution in [0.25, 0.3) is 0 Å². The minimum absolute atomic E-state index is 0.0812. The lowest BCUT2D eigenvalue weighted by molar-refractivity contribution is -0.0886. The summed E-state index contributed by atoms with van der Waals surface area (Å²) in [4.78, 5) is 11.4. The van der Waals surface area contributed by atoms with Crippen LogP contribution in [0, 0.1) is 13.8 Å². The number of halogens is 3. The quantitative estimate of drug-likeness (QED) is 0.815. The fraction of sp³-hybridized carbons (Fsp3) is 0.462. The van der Waals surface area contributed by atoms with Gasteiger partial charge in [0.1, 0.15) is 0 Å². The summed E-state index contributed by atoms with van der Waals surface area (Å²) < 4.78 is 40.8. The smallest absolute Gasteiger partial charge is 0.284 e. The maximum absolute atomic E-state index is 12.6. The van der Waals surface area contributed by atoms with Crippen LogP contribution in [0.5, 0.6) is 0 Å². The average Bonchev–Trinajstić information content (AvgIpc) is 2.94. The van der Waals surface area contributed by atoms with Gasteiger partial charge in [-0.3, -0.25) is 14.2 Å². The summed E-state index contributed by atoms with van der Waals surface area (Å²) in [5, 5.41) is 8.13. The van der Waals surface area contributed by atoms with Crippen LogP contribution in [0.1, 0.15) is 34.2 Å². The van der Waals surface area contributed by atoms with Crippen molar-refractivity contribution in [3.63, 3.8) is 0 Å². The Balaban J connectivity index is 2.33. The molecule has 0 fully saturated rings. The van der Waals surface area contributed by atoms with Gasteiger partial charge < -0.3 is 0 Å². The number of hydrogen-bond donors (Lipinski definition) is 0. The third-order valence-electron chi connectivity index (χ3n) is 3.21. The van der Waals surface area contributed by atoms with E-state index >= 15 is 0 Å². The number of carbonyl (C=O) groups is 1. The number of alkyl halides is 3. The van der Waals surface area contributed by atoms with Crippen LogP contribution in [-0.2, 0) is 13.1 Å². The molecule has 0 aliphatic heterocycles. The molecule has 0 N–H and O–H groups in total. The van der Waals surface area contributed by atoms with Crippen molar-refractivity contribution in [2.24, 2.45) is 0 Å². The van der Waals surface area contributed by atoms with Gasteiger partial charge in [-0.05, 0) is 20.8 Å². The molecule has 2 aromatic rings. The molecule has 0 atom stereocenters. The normalized spacial score (nSPS) is 11.9. The molecule has 0 spiro atoms. The number of ketones is 1. The highest BCUT2D eigenvalue weighted by Crippen LogP contribution is 2.25. The zero-order chi connectivity index (χ0) is 15.8. The predicted molar refractivity (Wildman–Crippen MR) is 69.1 cm³/mol. The van der Waals surface area contributed by atoms with E-state index in [9.17, 15) is 18.0 Å². The number of nitrogens with zero attached hydrogens (tertiary/aromatic N) is 4. The highest BCUT2D eigenvalue weighted by atomic mass is 19.4. The molecular weight excluding hydrogens is 285 g/mol. The minimum atomic E-state index is -4.89. The van der Waals surface area contributed by atoms with Gasteiger partial charge in [0, 0.05) is 24.0 Å². The van der Waals surface area contributed by atoms with Crippen molar-refractivity contribution < 1.29 is 18.0 Å². The van der Waals surface area contributed by atoms with Crippen molar-refractivity contribution >= 4 is 5.78 Å². The number of hydrogen-bond acceptors (Lipinski definition) is 3. The van der Waals surface area contributed by atoms with Crippen LogP contribution in [0.3, 0.4) is 0 Å². The van der Waals surface area contributed by atoms with Crippen molar-refractivity contribution in [3.05, 3.63) is 34.9 Å². The maximum Gasteiger partial charge on any atom is 0.455 e. The third-order valence-corrected chi connectivity index (χ3v) is 3.21. The van der Waals surface area contributed by atoms with Gasteiger partial charge >= 0.3 is 6.18 Å². The molecule has 2 rings (SSSR count). The van der Waals surface area contributed by atoms with E-state index in [4.69, 9.17) is 0 Å². The standard InChI is InChI=1S/C13H15F3N4O/c1-4-19-6-10(5-17-19)7-20-9(3)11(8(2)18-20)12(21)13(14,15)16/h5-6H,4,7H2,1-3H3. The zero-order valence-corrected chi connectivity index (χ0v) is 11.9. The van der Waals surface area contributed by atoms with E-state index in [-0.39, 0.29) is 23.5 Å². The average molecular weight is 300 g/mol. The van der Waals surface area contributed by atoms with Crippen molar-refractivity contribution in [2.75, 3.05) is 0 Å². The Kier molecular flexibility index (Phi) is 3.89. The lowest BCUT2D eigenvalue weighted by atomic mass is 10.1. The second-order valence-corrected chi connectivity index (χ2v) is 4.73. The van der Waals surface area contributed by atoms with E-state index in [1.54, 1.807) is 17.1 Å². The number of aromatic nitrogens is 4. The fourth-order valence-electron chi connectivity index (χ4n) is 2.16. The van der Waals surface area contributed by atoms with E-state index in [1.165, 1.54) is 18.5 Å². The SMILES string of the molecule is CCn1cc(Cn2nc(C)c(C(=O)C(F)(F)F)c2C)cn1. The molecule has 2 aromatic heterocycles. The molecule has 0 amide bonds. The Morgan fingerprint density at radius 2 is 2.00 bits per heavy atom. The summed E-state index contributed by atoms with van der Waals surface area (Å²) >= 11 is 0. The van der Waals surface area contributed by atoms with Crippen LogP contribution < -0.4 is 0 Å². The topological polar surface area (TPSA) is 52.7 Å². The first kappa shape index (κ1) is 15.3. The summed E-state index contributed by atoms with van der Waals surface area (Å²) in [7, 11) is 0. The van der Waals surface area contributed by atoms with Gasteiger partial charge in [-0.25, -0.2) is 0 Å². The van der Waals surface area contributed by atoms with Crippen LogP contribution in [0.2, 0.25) is 0 Å². The van der Waals surface area contributed by atoms with Crippen LogP contribution in [-0.4, -0.2) is 31.5 Å². The highest BCUT2D eigenvalue weighted by molar-refractivity contribution is 6.02. The summed E-state index contributed by atoms with van der Waals surface area (Å²) in [5.41, 5.74) is 0.732. The number of Topliss-reactive ketones (excluding diaryl/α,β-unsaturated/α-hetero) is 1. The lowest BCUT2D eigenvalue weighted by Gasteiger charge is -2.06. The summed E-state index contributed by atoms with van der Waals surface area (Å²) in [6.45, 7) is 5.77. The van der Waals surface area contributed by atoms with Gasteiger partial charge in [0.25, 0.3) is 5.78 Å². The summed E-state index contributed by atoms with van der Waals surface area (Å²) in [6.07, 6.45) is -1.47. The van der Waals surface area contributed by atoms with Crippen molar-refractivity contribution in [1.82, 2.24) is 19.6 Å². The van der Waals surface area contributed by atoms with Crippen molar-refractivity contribution in [1.29, 1.82) is 0 Å². The van der Waals surface area contributed by atoms with Gasteiger partial charge in [-0.1, -0.05) is 0 Å². The molecule has 8 heteroatoms. The molecule has 0 bridgehead atoms. The predicted octanol–water partition coefficient (Wildman–Crippen LogP) is 2.51. The molecule has 21 heavy (non-hydrogen) atoms. The molecule has 0 radical (unpaired) electrons. The molecule has 0 aliphatic carbocycles. The van der Waals surface area contributed by atoms with E-state index < -0.39 is 12.0 Å². The summed E-state index contributed by atoms with van der Waals surface area (Å²) in [6, 6.07) is 0. The van der Waals surface area contributed by atoms with Gasteiger partial charge in [0.2, 0.25) is 0 Å². The van der Waals surface area contributed by atoms with Gasteiger partial charge in [-0.15, -0.1) is 0 Å². The molecule has 0 saturated heterocycles. The van der Waals surface area contributed by atoms with Gasteiger partial charge in [0.05, 0.1) is 24.0 Å². The second-order valence-electron chi connectivity index (χ2n) is 4.73. The monoisotopic (exact) mass is 300 g/mol. The van der Waals surface area contributed by atoms with Crippen LogP contribution in [0.15, 0.2) is 12.4 Å². The molecule has 0 aromatic carbocycles. The largest absolute Gasteiger partial charge is 0.455 e. The Bertz CT molecular complexity index is 669. The molecule has 0 saturated carbocycles. The molecule has 114 valence electrons. The van der Waals surface area contributed by atoms with Crippen LogP contribution in [0.4, 0.5) is 13.2 Å². The van der Waals surface area contributed by atoms with Crippen molar-refractivity contribution in [2.45, 2.75) is 40.0 Å². The minimum Gasteiger partial charge on any atom is -0.284 e. The fourth-order valence-corrected chi connectivity index (χ4v) is 2.16. The molecule has 0 aliphatic rings. The Morgan fingerprint density at radius 3 is 2.52 bits per heavy atom. The lowest BCUT2D eigenvalue weighted by Crippen LogP contribution is -2.24. The zero-order valence-electron chi connectivity index (χ0n) is 11.9. The van der Waals surface area contributed by atoms with Gasteiger partial charge in [-0.2, -0.15) is 23.4 Å². The summed E-state index contributed by atoms with van der Waals surface area (Å²) in [5.74, 6) is -1.85. The number of aryl methyl sites for hydroxylation is 2. The van der Waals surface area contributed by atoms with E-state index in [1.807, 2.05) is 6.92 Å². The van der Waals surface area contributed by atoms with E-state index in [0.717, 1.165) is 5.56 Å². The Hall–Kier alpha value is -2.12. The first-order chi connectivity index (χ1) is 9.74. The maximum atomic E-state index is 12.6. The first-order valence-corrected chi connectivity index (χ1v) is 6.41. The number of carbonyl (C=O) groups excluding carboxylic acids is 1. The molecule has 5 nitrogen and oxygen atoms in total. The van der Waals surface area contributed by atoms with E-state index in [2.05, 4.69) is 10.2 Å². The highest BCUT2D eigenvalue weighted by Gasteiger charge is 2.42. The molecule has 2 heterocycles. The first-order valence-electron chi connectivity index (χ1n) is 6.41. The molecule has 0 unspecified atom stereocenters. The van der Waals surface area contributed by atoms with Crippen molar-refractivity contribution in [3.8, 4) is 0 Å². The van der Waals surface area contributed by atoms with E-state index in [0.29, 0.717) is 6.54 Å². The Labute approximate surface area is 119 Å². The second kappa shape index (κ2) is 5.34. The Morgan fingerprint density at radius 1 is 1.33 bits per heavy atom. The third kappa shape index (κ3) is 2.98.